The lowest BCUT2D eigenvalue weighted by Crippen LogP contribution is -2.43. The first kappa shape index (κ1) is 12.4. The maximum atomic E-state index is 5.98. The van der Waals surface area contributed by atoms with Gasteiger partial charge >= 0.3 is 6.01 Å². The van der Waals surface area contributed by atoms with E-state index in [2.05, 4.69) is 15.3 Å². The average Bonchev–Trinajstić information content (AvgIpc) is 2.48. The molecule has 1 aliphatic carbocycles. The van der Waals surface area contributed by atoms with Crippen molar-refractivity contribution < 1.29 is 4.74 Å². The summed E-state index contributed by atoms with van der Waals surface area (Å²) in [5.74, 6) is 0. The number of ether oxygens (including phenoxy) is 1. The van der Waals surface area contributed by atoms with E-state index in [1.807, 2.05) is 37.5 Å². The molecule has 0 aliphatic heterocycles. The molecule has 2 aromatic rings. The highest BCUT2D eigenvalue weighted by Crippen LogP contribution is 2.22. The van der Waals surface area contributed by atoms with Crippen molar-refractivity contribution in [2.24, 2.45) is 0 Å². The van der Waals surface area contributed by atoms with Gasteiger partial charge in [0, 0.05) is 17.6 Å². The quantitative estimate of drug-likeness (QED) is 0.918. The van der Waals surface area contributed by atoms with Gasteiger partial charge in [0.25, 0.3) is 0 Å². The molecule has 1 aliphatic rings. The van der Waals surface area contributed by atoms with Crippen LogP contribution < -0.4 is 10.1 Å². The van der Waals surface area contributed by atoms with E-state index in [4.69, 9.17) is 4.74 Å². The summed E-state index contributed by atoms with van der Waals surface area (Å²) in [7, 11) is 1.99. The molecule has 4 heteroatoms. The highest BCUT2D eigenvalue weighted by Gasteiger charge is 2.26. The lowest BCUT2D eigenvalue weighted by Gasteiger charge is -2.30. The molecule has 19 heavy (non-hydrogen) atoms. The third-order valence-electron chi connectivity index (χ3n) is 3.80. The van der Waals surface area contributed by atoms with E-state index in [-0.39, 0.29) is 6.10 Å². The number of likely N-dealkylation sites (N-methyl/N-ethyl adjacent to an activating group) is 1. The van der Waals surface area contributed by atoms with Crippen LogP contribution in [0.2, 0.25) is 0 Å². The standard InChI is InChI=1S/C15H19N3O/c1-16-13-8-4-5-9-14(13)19-15-17-10-11-6-2-3-7-12(11)18-15/h2-3,6-7,10,13-14,16H,4-5,8-9H2,1H3. The van der Waals surface area contributed by atoms with Gasteiger partial charge in [0.05, 0.1) is 5.52 Å². The molecule has 0 amide bonds. The summed E-state index contributed by atoms with van der Waals surface area (Å²) in [4.78, 5) is 8.79. The van der Waals surface area contributed by atoms with Crippen LogP contribution in [0.15, 0.2) is 30.5 Å². The molecule has 1 aromatic carbocycles. The van der Waals surface area contributed by atoms with Gasteiger partial charge in [-0.2, -0.15) is 4.98 Å². The van der Waals surface area contributed by atoms with Gasteiger partial charge in [0.1, 0.15) is 6.10 Å². The molecular formula is C15H19N3O. The Bertz CT molecular complexity index is 558. The van der Waals surface area contributed by atoms with Gasteiger partial charge in [0.2, 0.25) is 0 Å². The van der Waals surface area contributed by atoms with Crippen LogP contribution >= 0.6 is 0 Å². The van der Waals surface area contributed by atoms with Crippen LogP contribution in [0.4, 0.5) is 0 Å². The Morgan fingerprint density at radius 2 is 2.05 bits per heavy atom. The molecule has 4 nitrogen and oxygen atoms in total. The van der Waals surface area contributed by atoms with Crippen LogP contribution in [0.5, 0.6) is 6.01 Å². The van der Waals surface area contributed by atoms with Gasteiger partial charge in [-0.15, -0.1) is 0 Å². The maximum Gasteiger partial charge on any atom is 0.317 e. The van der Waals surface area contributed by atoms with Gasteiger partial charge < -0.3 is 10.1 Å². The molecule has 1 aromatic heterocycles. The summed E-state index contributed by atoms with van der Waals surface area (Å²) >= 11 is 0. The minimum atomic E-state index is 0.180. The second kappa shape index (κ2) is 5.53. The lowest BCUT2D eigenvalue weighted by atomic mass is 9.92. The molecule has 1 heterocycles. The maximum absolute atomic E-state index is 5.98. The predicted octanol–water partition coefficient (Wildman–Crippen LogP) is 2.54. The number of rotatable bonds is 3. The average molecular weight is 257 g/mol. The zero-order valence-electron chi connectivity index (χ0n) is 11.2. The topological polar surface area (TPSA) is 47.0 Å². The normalized spacial score (nSPS) is 23.4. The number of hydrogen-bond acceptors (Lipinski definition) is 4. The first-order chi connectivity index (χ1) is 9.36. The molecule has 100 valence electrons. The SMILES string of the molecule is CNC1CCCCC1Oc1ncc2ccccc2n1. The van der Waals surface area contributed by atoms with Crippen molar-refractivity contribution in [1.82, 2.24) is 15.3 Å². The van der Waals surface area contributed by atoms with Crippen molar-refractivity contribution in [1.29, 1.82) is 0 Å². The molecule has 1 saturated carbocycles. The van der Waals surface area contributed by atoms with Crippen molar-refractivity contribution in [3.05, 3.63) is 30.5 Å². The number of fused-ring (bicyclic) bond motifs is 1. The Hall–Kier alpha value is -1.68. The third kappa shape index (κ3) is 2.68. The van der Waals surface area contributed by atoms with E-state index in [1.165, 1.54) is 12.8 Å². The minimum absolute atomic E-state index is 0.180. The number of aromatic nitrogens is 2. The van der Waals surface area contributed by atoms with E-state index in [0.29, 0.717) is 12.1 Å². The Morgan fingerprint density at radius 3 is 2.95 bits per heavy atom. The van der Waals surface area contributed by atoms with Gasteiger partial charge in [-0.3, -0.25) is 0 Å². The van der Waals surface area contributed by atoms with E-state index in [1.54, 1.807) is 0 Å². The van der Waals surface area contributed by atoms with Gasteiger partial charge in [-0.05, 0) is 32.4 Å². The van der Waals surface area contributed by atoms with E-state index in [9.17, 15) is 0 Å². The Kier molecular flexibility index (Phi) is 3.60. The molecule has 1 fully saturated rings. The highest BCUT2D eigenvalue weighted by atomic mass is 16.5. The summed E-state index contributed by atoms with van der Waals surface area (Å²) < 4.78 is 5.98. The first-order valence-electron chi connectivity index (χ1n) is 6.92. The zero-order valence-corrected chi connectivity index (χ0v) is 11.2. The van der Waals surface area contributed by atoms with Crippen molar-refractivity contribution >= 4 is 10.9 Å². The summed E-state index contributed by atoms with van der Waals surface area (Å²) in [6, 6.07) is 8.87. The van der Waals surface area contributed by atoms with Crippen molar-refractivity contribution in [2.45, 2.75) is 37.8 Å². The van der Waals surface area contributed by atoms with Crippen molar-refractivity contribution in [3.8, 4) is 6.01 Å². The monoisotopic (exact) mass is 257 g/mol. The molecule has 2 atom stereocenters. The molecular weight excluding hydrogens is 238 g/mol. The number of hydrogen-bond donors (Lipinski definition) is 1. The molecule has 0 bridgehead atoms. The highest BCUT2D eigenvalue weighted by molar-refractivity contribution is 5.77. The van der Waals surface area contributed by atoms with Gasteiger partial charge in [-0.1, -0.05) is 24.6 Å². The fourth-order valence-electron chi connectivity index (χ4n) is 2.72. The van der Waals surface area contributed by atoms with Crippen molar-refractivity contribution in [3.63, 3.8) is 0 Å². The predicted molar refractivity (Wildman–Crippen MR) is 75.3 cm³/mol. The van der Waals surface area contributed by atoms with Crippen LogP contribution in [0.3, 0.4) is 0 Å². The summed E-state index contributed by atoms with van der Waals surface area (Å²) in [5, 5.41) is 4.38. The molecule has 2 unspecified atom stereocenters. The van der Waals surface area contributed by atoms with E-state index < -0.39 is 0 Å². The Balaban J connectivity index is 1.80. The third-order valence-corrected chi connectivity index (χ3v) is 3.80. The number of benzene rings is 1. The second-order valence-electron chi connectivity index (χ2n) is 5.05. The van der Waals surface area contributed by atoms with Crippen LogP contribution in [0, 0.1) is 0 Å². The molecule has 0 radical (unpaired) electrons. The largest absolute Gasteiger partial charge is 0.458 e. The molecule has 3 rings (SSSR count). The second-order valence-corrected chi connectivity index (χ2v) is 5.05. The van der Waals surface area contributed by atoms with Gasteiger partial charge in [0.15, 0.2) is 0 Å². The summed E-state index contributed by atoms with van der Waals surface area (Å²) in [6.07, 6.45) is 6.73. The van der Waals surface area contributed by atoms with Crippen LogP contribution in [-0.4, -0.2) is 29.2 Å². The lowest BCUT2D eigenvalue weighted by molar-refractivity contribution is 0.108. The number of para-hydroxylation sites is 1. The van der Waals surface area contributed by atoms with Crippen LogP contribution in [0.25, 0.3) is 10.9 Å². The summed E-state index contributed by atoms with van der Waals surface area (Å²) in [5.41, 5.74) is 0.935. The number of nitrogens with one attached hydrogen (secondary N) is 1. The van der Waals surface area contributed by atoms with Gasteiger partial charge in [-0.25, -0.2) is 4.98 Å². The molecule has 1 N–H and O–H groups in total. The van der Waals surface area contributed by atoms with E-state index >= 15 is 0 Å². The van der Waals surface area contributed by atoms with Crippen molar-refractivity contribution in [2.75, 3.05) is 7.05 Å². The molecule has 0 spiro atoms. The first-order valence-corrected chi connectivity index (χ1v) is 6.92. The fourth-order valence-corrected chi connectivity index (χ4v) is 2.72. The summed E-state index contributed by atoms with van der Waals surface area (Å²) in [6.45, 7) is 0. The zero-order chi connectivity index (χ0) is 13.1. The van der Waals surface area contributed by atoms with E-state index in [0.717, 1.165) is 23.7 Å². The Morgan fingerprint density at radius 1 is 1.21 bits per heavy atom. The minimum Gasteiger partial charge on any atom is -0.458 e. The van der Waals surface area contributed by atoms with Crippen LogP contribution in [0.1, 0.15) is 25.7 Å². The van der Waals surface area contributed by atoms with Crippen LogP contribution in [-0.2, 0) is 0 Å². The smallest absolute Gasteiger partial charge is 0.317 e. The molecule has 0 saturated heterocycles. The Labute approximate surface area is 113 Å². The number of nitrogens with zero attached hydrogens (tertiary/aromatic N) is 2. The fraction of sp³-hybridized carbons (Fsp3) is 0.467.